The van der Waals surface area contributed by atoms with Gasteiger partial charge in [0.15, 0.2) is 0 Å². The van der Waals surface area contributed by atoms with Crippen LogP contribution in [0.1, 0.15) is 17.4 Å². The van der Waals surface area contributed by atoms with E-state index < -0.39 is 0 Å². The minimum absolute atomic E-state index is 0.349. The lowest BCUT2D eigenvalue weighted by Crippen LogP contribution is -2.10. The van der Waals surface area contributed by atoms with Gasteiger partial charge in [0.25, 0.3) is 0 Å². The van der Waals surface area contributed by atoms with Gasteiger partial charge in [0.2, 0.25) is 0 Å². The zero-order chi connectivity index (χ0) is 9.14. The van der Waals surface area contributed by atoms with Gasteiger partial charge in [0.1, 0.15) is 10.3 Å². The first-order chi connectivity index (χ1) is 5.65. The number of carbonyl (C=O) groups is 1. The Kier molecular flexibility index (Phi) is 2.86. The van der Waals surface area contributed by atoms with Crippen LogP contribution in [0.4, 0.5) is 0 Å². The number of esters is 1. The predicted molar refractivity (Wildman–Crippen MR) is 46.9 cm³/mol. The fourth-order valence-electron chi connectivity index (χ4n) is 0.828. The van der Waals surface area contributed by atoms with E-state index in [2.05, 4.69) is 21.0 Å². The fourth-order valence-corrected chi connectivity index (χ4v) is 1.28. The third-order valence-corrected chi connectivity index (χ3v) is 1.72. The van der Waals surface area contributed by atoms with E-state index in [4.69, 9.17) is 4.74 Å². The Morgan fingerprint density at radius 1 is 1.83 bits per heavy atom. The SMILES string of the molecule is CCOC(=O)c1cc(Br)nn1C. The lowest BCUT2D eigenvalue weighted by Gasteiger charge is -1.99. The molecule has 0 bridgehead atoms. The summed E-state index contributed by atoms with van der Waals surface area (Å²) in [6, 6.07) is 1.62. The highest BCUT2D eigenvalue weighted by Crippen LogP contribution is 2.10. The van der Waals surface area contributed by atoms with E-state index in [1.54, 1.807) is 20.0 Å². The second-order valence-corrected chi connectivity index (χ2v) is 3.01. The van der Waals surface area contributed by atoms with E-state index in [-0.39, 0.29) is 5.97 Å². The van der Waals surface area contributed by atoms with Crippen molar-refractivity contribution in [3.63, 3.8) is 0 Å². The van der Waals surface area contributed by atoms with Crippen LogP contribution in [0.3, 0.4) is 0 Å². The number of rotatable bonds is 2. The first kappa shape index (κ1) is 9.25. The topological polar surface area (TPSA) is 44.1 Å². The van der Waals surface area contributed by atoms with Gasteiger partial charge >= 0.3 is 5.97 Å². The Morgan fingerprint density at radius 2 is 2.50 bits per heavy atom. The summed E-state index contributed by atoms with van der Waals surface area (Å²) in [5, 5.41) is 3.95. The molecule has 12 heavy (non-hydrogen) atoms. The zero-order valence-electron chi connectivity index (χ0n) is 6.87. The van der Waals surface area contributed by atoms with E-state index >= 15 is 0 Å². The van der Waals surface area contributed by atoms with Gasteiger partial charge < -0.3 is 4.74 Å². The largest absolute Gasteiger partial charge is 0.461 e. The van der Waals surface area contributed by atoms with Crippen molar-refractivity contribution in [2.24, 2.45) is 7.05 Å². The minimum Gasteiger partial charge on any atom is -0.461 e. The van der Waals surface area contributed by atoms with Crippen molar-refractivity contribution in [3.05, 3.63) is 16.4 Å². The summed E-state index contributed by atoms with van der Waals surface area (Å²) in [7, 11) is 1.69. The molecule has 0 aliphatic heterocycles. The van der Waals surface area contributed by atoms with E-state index in [0.29, 0.717) is 16.9 Å². The highest BCUT2D eigenvalue weighted by atomic mass is 79.9. The average Bonchev–Trinajstić information content (AvgIpc) is 2.30. The van der Waals surface area contributed by atoms with E-state index in [1.807, 2.05) is 0 Å². The number of carbonyl (C=O) groups excluding carboxylic acids is 1. The quantitative estimate of drug-likeness (QED) is 0.724. The van der Waals surface area contributed by atoms with Crippen molar-refractivity contribution >= 4 is 21.9 Å². The first-order valence-corrected chi connectivity index (χ1v) is 4.31. The maximum absolute atomic E-state index is 11.2. The van der Waals surface area contributed by atoms with Crippen molar-refractivity contribution in [2.75, 3.05) is 6.61 Å². The molecule has 1 heterocycles. The van der Waals surface area contributed by atoms with Crippen LogP contribution < -0.4 is 0 Å². The van der Waals surface area contributed by atoms with Gasteiger partial charge in [0, 0.05) is 13.1 Å². The van der Waals surface area contributed by atoms with Crippen molar-refractivity contribution in [3.8, 4) is 0 Å². The Labute approximate surface area is 78.6 Å². The van der Waals surface area contributed by atoms with Crippen LogP contribution >= 0.6 is 15.9 Å². The van der Waals surface area contributed by atoms with E-state index in [1.165, 1.54) is 4.68 Å². The summed E-state index contributed by atoms with van der Waals surface area (Å²) in [6.07, 6.45) is 0. The van der Waals surface area contributed by atoms with Gasteiger partial charge in [0.05, 0.1) is 6.61 Å². The van der Waals surface area contributed by atoms with Gasteiger partial charge in [-0.25, -0.2) is 4.79 Å². The summed E-state index contributed by atoms with van der Waals surface area (Å²) >= 11 is 3.16. The fraction of sp³-hybridized carbons (Fsp3) is 0.429. The number of nitrogens with zero attached hydrogens (tertiary/aromatic N) is 2. The summed E-state index contributed by atoms with van der Waals surface area (Å²) in [6.45, 7) is 2.14. The van der Waals surface area contributed by atoms with Crippen LogP contribution in [-0.2, 0) is 11.8 Å². The molecule has 0 fully saturated rings. The molecule has 0 saturated carbocycles. The van der Waals surface area contributed by atoms with Crippen molar-refractivity contribution in [1.29, 1.82) is 0 Å². The molecule has 0 radical (unpaired) electrons. The second-order valence-electron chi connectivity index (χ2n) is 2.20. The van der Waals surface area contributed by atoms with Gasteiger partial charge in [-0.15, -0.1) is 0 Å². The highest BCUT2D eigenvalue weighted by molar-refractivity contribution is 9.10. The van der Waals surface area contributed by atoms with Crippen LogP contribution in [-0.4, -0.2) is 22.4 Å². The zero-order valence-corrected chi connectivity index (χ0v) is 8.46. The lowest BCUT2D eigenvalue weighted by molar-refractivity contribution is 0.0513. The predicted octanol–water partition coefficient (Wildman–Crippen LogP) is 1.36. The number of halogens is 1. The minimum atomic E-state index is -0.349. The summed E-state index contributed by atoms with van der Waals surface area (Å²) in [5.41, 5.74) is 0.448. The summed E-state index contributed by atoms with van der Waals surface area (Å²) < 4.78 is 6.91. The number of ether oxygens (including phenoxy) is 1. The van der Waals surface area contributed by atoms with Crippen LogP contribution in [0.5, 0.6) is 0 Å². The Balaban J connectivity index is 2.87. The molecule has 0 aliphatic rings. The van der Waals surface area contributed by atoms with Crippen LogP contribution in [0.2, 0.25) is 0 Å². The van der Waals surface area contributed by atoms with E-state index in [9.17, 15) is 4.79 Å². The van der Waals surface area contributed by atoms with Crippen molar-refractivity contribution in [1.82, 2.24) is 9.78 Å². The van der Waals surface area contributed by atoms with Crippen LogP contribution in [0, 0.1) is 0 Å². The van der Waals surface area contributed by atoms with Gasteiger partial charge in [-0.05, 0) is 22.9 Å². The molecule has 0 spiro atoms. The number of hydrogen-bond acceptors (Lipinski definition) is 3. The molecule has 0 unspecified atom stereocenters. The first-order valence-electron chi connectivity index (χ1n) is 3.51. The molecule has 0 aliphatic carbocycles. The molecule has 0 saturated heterocycles. The normalized spacial score (nSPS) is 9.92. The molecule has 1 rings (SSSR count). The highest BCUT2D eigenvalue weighted by Gasteiger charge is 2.12. The number of hydrogen-bond donors (Lipinski definition) is 0. The molecule has 1 aromatic heterocycles. The van der Waals surface area contributed by atoms with Crippen LogP contribution in [0.25, 0.3) is 0 Å². The maximum atomic E-state index is 11.2. The average molecular weight is 233 g/mol. The molecule has 0 atom stereocenters. The van der Waals surface area contributed by atoms with Gasteiger partial charge in [-0.2, -0.15) is 5.10 Å². The third kappa shape index (κ3) is 1.85. The van der Waals surface area contributed by atoms with Crippen LogP contribution in [0.15, 0.2) is 10.7 Å². The third-order valence-electron chi connectivity index (χ3n) is 1.33. The maximum Gasteiger partial charge on any atom is 0.356 e. The lowest BCUT2D eigenvalue weighted by atomic mass is 10.4. The van der Waals surface area contributed by atoms with Gasteiger partial charge in [-0.3, -0.25) is 4.68 Å². The molecule has 0 amide bonds. The summed E-state index contributed by atoms with van der Waals surface area (Å²) in [4.78, 5) is 11.2. The Bertz CT molecular complexity index is 296. The molecule has 0 N–H and O–H groups in total. The molecular formula is C7H9BrN2O2. The number of aromatic nitrogens is 2. The van der Waals surface area contributed by atoms with Gasteiger partial charge in [-0.1, -0.05) is 0 Å². The van der Waals surface area contributed by atoms with E-state index in [0.717, 1.165) is 0 Å². The molecule has 0 aromatic carbocycles. The molecule has 66 valence electrons. The number of aryl methyl sites for hydroxylation is 1. The Morgan fingerprint density at radius 3 is 2.92 bits per heavy atom. The molecule has 1 aromatic rings. The second kappa shape index (κ2) is 3.71. The summed E-state index contributed by atoms with van der Waals surface area (Å²) in [5.74, 6) is -0.349. The van der Waals surface area contributed by atoms with Crippen molar-refractivity contribution < 1.29 is 9.53 Å². The smallest absolute Gasteiger partial charge is 0.356 e. The molecule has 5 heteroatoms. The molecule has 4 nitrogen and oxygen atoms in total. The monoisotopic (exact) mass is 232 g/mol. The molecular weight excluding hydrogens is 224 g/mol. The van der Waals surface area contributed by atoms with Crippen molar-refractivity contribution in [2.45, 2.75) is 6.92 Å². The standard InChI is InChI=1S/C7H9BrN2O2/c1-3-12-7(11)5-4-6(8)9-10(5)2/h4H,3H2,1-2H3. The Hall–Kier alpha value is -0.840.